The second-order valence-corrected chi connectivity index (χ2v) is 6.73. The van der Waals surface area contributed by atoms with E-state index in [2.05, 4.69) is 5.32 Å². The number of rotatable bonds is 8. The lowest BCUT2D eigenvalue weighted by atomic mass is 9.97. The monoisotopic (exact) mass is 376 g/mol. The maximum absolute atomic E-state index is 12.2. The molecule has 1 heterocycles. The van der Waals surface area contributed by atoms with E-state index in [1.54, 1.807) is 13.0 Å². The molecule has 1 aromatic carbocycles. The largest absolute Gasteiger partial charge is 0.478 e. The Bertz CT molecular complexity index is 689. The van der Waals surface area contributed by atoms with E-state index in [-0.39, 0.29) is 23.4 Å². The molecule has 1 atom stereocenters. The van der Waals surface area contributed by atoms with E-state index in [0.29, 0.717) is 25.3 Å². The van der Waals surface area contributed by atoms with Crippen molar-refractivity contribution < 1.29 is 24.2 Å². The maximum Gasteiger partial charge on any atom is 0.335 e. The maximum atomic E-state index is 12.2. The highest BCUT2D eigenvalue weighted by Crippen LogP contribution is 2.31. The van der Waals surface area contributed by atoms with Gasteiger partial charge in [0.1, 0.15) is 0 Å². The number of unbranched alkanes of at least 4 members (excludes halogenated alkanes) is 1. The molecule has 0 bridgehead atoms. The van der Waals surface area contributed by atoms with E-state index in [4.69, 9.17) is 4.74 Å². The van der Waals surface area contributed by atoms with Crippen LogP contribution in [0.15, 0.2) is 18.2 Å². The molecule has 7 nitrogen and oxygen atoms in total. The number of carbonyl (C=O) groups excluding carboxylic acids is 2. The molecule has 1 aliphatic rings. The quantitative estimate of drug-likeness (QED) is 0.676. The molecule has 1 aliphatic heterocycles. The molecule has 1 unspecified atom stereocenters. The number of amides is 1. The summed E-state index contributed by atoms with van der Waals surface area (Å²) in [4.78, 5) is 37.6. The average Bonchev–Trinajstić information content (AvgIpc) is 2.66. The number of aromatic carboxylic acids is 1. The Hall–Kier alpha value is -2.57. The van der Waals surface area contributed by atoms with Gasteiger partial charge in [-0.25, -0.2) is 4.79 Å². The molecule has 27 heavy (non-hydrogen) atoms. The molecule has 0 radical (unpaired) electrons. The summed E-state index contributed by atoms with van der Waals surface area (Å²) < 4.78 is 5.14. The Morgan fingerprint density at radius 3 is 2.74 bits per heavy atom. The number of nitrogens with zero attached hydrogens (tertiary/aromatic N) is 1. The van der Waals surface area contributed by atoms with E-state index in [1.165, 1.54) is 12.1 Å². The first-order chi connectivity index (χ1) is 13.0. The number of nitrogens with one attached hydrogen (secondary N) is 1. The molecule has 148 valence electrons. The second kappa shape index (κ2) is 9.94. The van der Waals surface area contributed by atoms with Gasteiger partial charge in [0.2, 0.25) is 5.91 Å². The van der Waals surface area contributed by atoms with Crippen LogP contribution in [0.3, 0.4) is 0 Å². The minimum Gasteiger partial charge on any atom is -0.478 e. The highest BCUT2D eigenvalue weighted by atomic mass is 16.5. The predicted molar refractivity (Wildman–Crippen MR) is 103 cm³/mol. The van der Waals surface area contributed by atoms with Gasteiger partial charge in [0, 0.05) is 19.5 Å². The number of hydrogen-bond donors (Lipinski definition) is 2. The molecule has 0 saturated carbocycles. The van der Waals surface area contributed by atoms with Crippen molar-refractivity contribution >= 4 is 29.2 Å². The molecule has 1 fully saturated rings. The molecule has 0 spiro atoms. The summed E-state index contributed by atoms with van der Waals surface area (Å²) in [7, 11) is 0. The van der Waals surface area contributed by atoms with Crippen molar-refractivity contribution in [3.8, 4) is 0 Å². The van der Waals surface area contributed by atoms with Crippen LogP contribution in [0.4, 0.5) is 11.4 Å². The molecular weight excluding hydrogens is 348 g/mol. The fraction of sp³-hybridized carbons (Fsp3) is 0.550. The summed E-state index contributed by atoms with van der Waals surface area (Å²) in [6.45, 7) is 5.37. The number of anilines is 2. The number of esters is 1. The van der Waals surface area contributed by atoms with Crippen LogP contribution in [0.1, 0.15) is 56.3 Å². The van der Waals surface area contributed by atoms with Gasteiger partial charge in [-0.15, -0.1) is 0 Å². The highest BCUT2D eigenvalue weighted by molar-refractivity contribution is 5.97. The second-order valence-electron chi connectivity index (χ2n) is 6.73. The Balaban J connectivity index is 2.24. The van der Waals surface area contributed by atoms with E-state index in [0.717, 1.165) is 37.9 Å². The minimum atomic E-state index is -1.05. The van der Waals surface area contributed by atoms with Crippen LogP contribution in [-0.2, 0) is 14.3 Å². The van der Waals surface area contributed by atoms with Crippen LogP contribution < -0.4 is 10.2 Å². The van der Waals surface area contributed by atoms with Gasteiger partial charge in [0.25, 0.3) is 0 Å². The SMILES string of the molecule is CCCCC(=O)Nc1cc(C(=O)O)ccc1N1CCCC(C(=O)OCC)C1. The van der Waals surface area contributed by atoms with Gasteiger partial charge in [-0.3, -0.25) is 9.59 Å². The lowest BCUT2D eigenvalue weighted by Gasteiger charge is -2.34. The number of carbonyl (C=O) groups is 3. The molecule has 1 saturated heterocycles. The Labute approximate surface area is 159 Å². The van der Waals surface area contributed by atoms with E-state index >= 15 is 0 Å². The Morgan fingerprint density at radius 1 is 1.30 bits per heavy atom. The van der Waals surface area contributed by atoms with Crippen molar-refractivity contribution in [1.82, 2.24) is 0 Å². The third-order valence-corrected chi connectivity index (χ3v) is 4.66. The molecule has 7 heteroatoms. The van der Waals surface area contributed by atoms with Crippen molar-refractivity contribution in [2.75, 3.05) is 29.9 Å². The summed E-state index contributed by atoms with van der Waals surface area (Å²) in [5, 5.41) is 12.1. The number of benzene rings is 1. The van der Waals surface area contributed by atoms with Crippen LogP contribution in [-0.4, -0.2) is 42.6 Å². The average molecular weight is 376 g/mol. The van der Waals surface area contributed by atoms with Crippen LogP contribution in [0.25, 0.3) is 0 Å². The normalized spacial score (nSPS) is 16.7. The zero-order valence-corrected chi connectivity index (χ0v) is 16.0. The fourth-order valence-corrected chi connectivity index (χ4v) is 3.24. The first kappa shape index (κ1) is 20.7. The summed E-state index contributed by atoms with van der Waals surface area (Å²) in [5.41, 5.74) is 1.32. The van der Waals surface area contributed by atoms with E-state index < -0.39 is 5.97 Å². The minimum absolute atomic E-state index is 0.114. The zero-order valence-electron chi connectivity index (χ0n) is 16.0. The summed E-state index contributed by atoms with van der Waals surface area (Å²) in [6.07, 6.45) is 3.66. The van der Waals surface area contributed by atoms with Gasteiger partial charge in [0.05, 0.1) is 29.5 Å². The lowest BCUT2D eigenvalue weighted by Crippen LogP contribution is -2.39. The topological polar surface area (TPSA) is 95.9 Å². The van der Waals surface area contributed by atoms with Crippen molar-refractivity contribution in [3.05, 3.63) is 23.8 Å². The Morgan fingerprint density at radius 2 is 2.07 bits per heavy atom. The van der Waals surface area contributed by atoms with Gasteiger partial charge >= 0.3 is 11.9 Å². The van der Waals surface area contributed by atoms with Crippen molar-refractivity contribution in [1.29, 1.82) is 0 Å². The summed E-state index contributed by atoms with van der Waals surface area (Å²) in [5.74, 6) is -1.62. The molecule has 0 aromatic heterocycles. The molecule has 0 aliphatic carbocycles. The van der Waals surface area contributed by atoms with E-state index in [9.17, 15) is 19.5 Å². The zero-order chi connectivity index (χ0) is 19.8. The smallest absolute Gasteiger partial charge is 0.335 e. The fourth-order valence-electron chi connectivity index (χ4n) is 3.24. The highest BCUT2D eigenvalue weighted by Gasteiger charge is 2.28. The van der Waals surface area contributed by atoms with Crippen molar-refractivity contribution in [3.63, 3.8) is 0 Å². The number of carboxylic acids is 1. The van der Waals surface area contributed by atoms with Gasteiger partial charge in [-0.05, 0) is 44.4 Å². The molecule has 2 rings (SSSR count). The van der Waals surface area contributed by atoms with Crippen molar-refractivity contribution in [2.24, 2.45) is 5.92 Å². The predicted octanol–water partition coefficient (Wildman–Crippen LogP) is 3.29. The first-order valence-corrected chi connectivity index (χ1v) is 9.55. The molecule has 1 aromatic rings. The summed E-state index contributed by atoms with van der Waals surface area (Å²) in [6, 6.07) is 4.70. The standard InChI is InChI=1S/C20H28N2O5/c1-3-5-8-18(23)21-16-12-14(19(24)25)9-10-17(16)22-11-6-7-15(13-22)20(26)27-4-2/h9-10,12,15H,3-8,11,13H2,1-2H3,(H,21,23)(H,24,25). The third kappa shape index (κ3) is 5.70. The van der Waals surface area contributed by atoms with Crippen LogP contribution in [0.5, 0.6) is 0 Å². The van der Waals surface area contributed by atoms with Crippen LogP contribution in [0.2, 0.25) is 0 Å². The number of piperidine rings is 1. The Kier molecular flexibility index (Phi) is 7.64. The number of carboxylic acid groups (broad SMARTS) is 1. The molecule has 2 N–H and O–H groups in total. The first-order valence-electron chi connectivity index (χ1n) is 9.55. The number of hydrogen-bond acceptors (Lipinski definition) is 5. The third-order valence-electron chi connectivity index (χ3n) is 4.66. The lowest BCUT2D eigenvalue weighted by molar-refractivity contribution is -0.148. The van der Waals surface area contributed by atoms with Gasteiger partial charge in [0.15, 0.2) is 0 Å². The number of ether oxygens (including phenoxy) is 1. The summed E-state index contributed by atoms with van der Waals surface area (Å²) >= 11 is 0. The van der Waals surface area contributed by atoms with E-state index in [1.807, 2.05) is 11.8 Å². The van der Waals surface area contributed by atoms with Crippen LogP contribution >= 0.6 is 0 Å². The molecule has 1 amide bonds. The van der Waals surface area contributed by atoms with Crippen molar-refractivity contribution in [2.45, 2.75) is 46.0 Å². The van der Waals surface area contributed by atoms with Crippen LogP contribution in [0, 0.1) is 5.92 Å². The van der Waals surface area contributed by atoms with Gasteiger partial charge < -0.3 is 20.1 Å². The van der Waals surface area contributed by atoms with Gasteiger partial charge in [-0.1, -0.05) is 13.3 Å². The van der Waals surface area contributed by atoms with Gasteiger partial charge in [-0.2, -0.15) is 0 Å². The molecular formula is C20H28N2O5.